The average molecular weight is 434 g/mol. The Morgan fingerprint density at radius 3 is 2.75 bits per heavy atom. The van der Waals surface area contributed by atoms with Gasteiger partial charge in [0.05, 0.1) is 14.2 Å². The van der Waals surface area contributed by atoms with E-state index in [0.29, 0.717) is 29.3 Å². The van der Waals surface area contributed by atoms with Gasteiger partial charge in [-0.05, 0) is 48.6 Å². The highest BCUT2D eigenvalue weighted by molar-refractivity contribution is 6.07. The van der Waals surface area contributed by atoms with Crippen LogP contribution in [0.15, 0.2) is 47.0 Å². The van der Waals surface area contributed by atoms with E-state index < -0.39 is 11.6 Å². The Bertz CT molecular complexity index is 1210. The molecule has 1 fully saturated rings. The zero-order valence-corrected chi connectivity index (χ0v) is 17.8. The first-order valence-electron chi connectivity index (χ1n) is 10.3. The zero-order valence-electron chi connectivity index (χ0n) is 17.8. The summed E-state index contributed by atoms with van der Waals surface area (Å²) < 4.78 is 15.9. The van der Waals surface area contributed by atoms with E-state index in [1.54, 1.807) is 32.4 Å². The molecular weight excluding hydrogens is 412 g/mol. The molecule has 2 aliphatic rings. The van der Waals surface area contributed by atoms with Crippen LogP contribution in [0.4, 0.5) is 4.79 Å². The van der Waals surface area contributed by atoms with Gasteiger partial charge >= 0.3 is 6.03 Å². The number of methoxy groups -OCH3 is 2. The molecule has 9 heteroatoms. The summed E-state index contributed by atoms with van der Waals surface area (Å²) in [6.45, 7) is -0.102. The number of urea groups is 1. The van der Waals surface area contributed by atoms with Gasteiger partial charge in [-0.3, -0.25) is 9.69 Å². The lowest BCUT2D eigenvalue weighted by Crippen LogP contribution is -2.46. The van der Waals surface area contributed by atoms with Crippen LogP contribution in [0.1, 0.15) is 29.9 Å². The van der Waals surface area contributed by atoms with Crippen molar-refractivity contribution in [2.45, 2.75) is 31.3 Å². The van der Waals surface area contributed by atoms with E-state index in [9.17, 15) is 9.59 Å². The summed E-state index contributed by atoms with van der Waals surface area (Å²) in [4.78, 5) is 31.7. The Morgan fingerprint density at radius 2 is 1.94 bits per heavy atom. The van der Waals surface area contributed by atoms with Gasteiger partial charge in [0, 0.05) is 5.56 Å². The molecule has 1 saturated heterocycles. The maximum atomic E-state index is 13.4. The second-order valence-electron chi connectivity index (χ2n) is 7.82. The number of rotatable bonds is 5. The van der Waals surface area contributed by atoms with Crippen LogP contribution in [0.2, 0.25) is 0 Å². The molecule has 1 N–H and O–H groups in total. The number of hydrogen-bond donors (Lipinski definition) is 1. The molecule has 0 saturated carbocycles. The first-order chi connectivity index (χ1) is 15.6. The third-order valence-electron chi connectivity index (χ3n) is 6.05. The Hall–Kier alpha value is -3.88. The predicted molar refractivity (Wildman–Crippen MR) is 113 cm³/mol. The van der Waals surface area contributed by atoms with Gasteiger partial charge in [-0.25, -0.2) is 4.79 Å². The number of aryl methyl sites for hydroxylation is 1. The summed E-state index contributed by atoms with van der Waals surface area (Å²) in [5.41, 5.74) is 1.58. The molecule has 2 aromatic carbocycles. The van der Waals surface area contributed by atoms with Crippen molar-refractivity contribution in [3.8, 4) is 22.9 Å². The quantitative estimate of drug-likeness (QED) is 0.615. The first-order valence-corrected chi connectivity index (χ1v) is 10.3. The predicted octanol–water partition coefficient (Wildman–Crippen LogP) is 3.04. The lowest BCUT2D eigenvalue weighted by molar-refractivity contribution is -0.132. The second-order valence-corrected chi connectivity index (χ2v) is 7.82. The van der Waals surface area contributed by atoms with E-state index in [1.807, 2.05) is 24.3 Å². The molecule has 0 bridgehead atoms. The molecule has 3 aromatic rings. The van der Waals surface area contributed by atoms with Crippen LogP contribution >= 0.6 is 0 Å². The van der Waals surface area contributed by atoms with Crippen LogP contribution in [-0.4, -0.2) is 41.2 Å². The number of ether oxygens (including phenoxy) is 2. The molecule has 32 heavy (non-hydrogen) atoms. The number of carbonyl (C=O) groups is 2. The number of aromatic nitrogens is 2. The lowest BCUT2D eigenvalue weighted by Gasteiger charge is -2.33. The number of nitrogens with zero attached hydrogens (tertiary/aromatic N) is 3. The fourth-order valence-corrected chi connectivity index (χ4v) is 4.50. The summed E-state index contributed by atoms with van der Waals surface area (Å²) in [5, 5.41) is 6.93. The van der Waals surface area contributed by atoms with Crippen LogP contribution in [0.5, 0.6) is 11.5 Å². The molecule has 0 radical (unpaired) electrons. The highest BCUT2D eigenvalue weighted by atomic mass is 16.5. The van der Waals surface area contributed by atoms with Crippen molar-refractivity contribution >= 4 is 11.9 Å². The summed E-state index contributed by atoms with van der Waals surface area (Å²) in [5.74, 6) is 1.31. The normalized spacial score (nSPS) is 19.8. The molecule has 1 aliphatic carbocycles. The smallest absolute Gasteiger partial charge is 0.325 e. The van der Waals surface area contributed by atoms with Gasteiger partial charge in [0.15, 0.2) is 11.5 Å². The van der Waals surface area contributed by atoms with Gasteiger partial charge in [0.1, 0.15) is 12.1 Å². The van der Waals surface area contributed by atoms with E-state index in [-0.39, 0.29) is 18.3 Å². The molecule has 1 aliphatic heterocycles. The Morgan fingerprint density at radius 1 is 1.12 bits per heavy atom. The molecule has 1 atom stereocenters. The molecule has 164 valence electrons. The van der Waals surface area contributed by atoms with Crippen molar-refractivity contribution in [1.29, 1.82) is 0 Å². The van der Waals surface area contributed by atoms with Gasteiger partial charge in [0.2, 0.25) is 11.7 Å². The minimum atomic E-state index is -1.03. The monoisotopic (exact) mass is 434 g/mol. The van der Waals surface area contributed by atoms with Gasteiger partial charge in [-0.2, -0.15) is 4.98 Å². The lowest BCUT2D eigenvalue weighted by atomic mass is 9.76. The Balaban J connectivity index is 1.40. The summed E-state index contributed by atoms with van der Waals surface area (Å²) in [7, 11) is 3.10. The van der Waals surface area contributed by atoms with E-state index in [0.717, 1.165) is 28.9 Å². The number of benzene rings is 2. The van der Waals surface area contributed by atoms with Crippen molar-refractivity contribution in [3.05, 3.63) is 59.5 Å². The highest BCUT2D eigenvalue weighted by Crippen LogP contribution is 2.40. The summed E-state index contributed by atoms with van der Waals surface area (Å²) in [6.07, 6.45) is 2.27. The van der Waals surface area contributed by atoms with Crippen molar-refractivity contribution in [2.75, 3.05) is 14.2 Å². The van der Waals surface area contributed by atoms with E-state index in [1.165, 1.54) is 0 Å². The highest BCUT2D eigenvalue weighted by Gasteiger charge is 2.54. The van der Waals surface area contributed by atoms with Crippen LogP contribution in [0.3, 0.4) is 0 Å². The molecule has 5 rings (SSSR count). The van der Waals surface area contributed by atoms with Gasteiger partial charge in [-0.1, -0.05) is 29.4 Å². The fraction of sp³-hybridized carbons (Fsp3) is 0.304. The van der Waals surface area contributed by atoms with Gasteiger partial charge in [0.25, 0.3) is 5.91 Å². The second kappa shape index (κ2) is 7.67. The van der Waals surface area contributed by atoms with Crippen LogP contribution in [0, 0.1) is 0 Å². The molecular formula is C23H22N4O5. The van der Waals surface area contributed by atoms with Crippen LogP contribution in [-0.2, 0) is 23.3 Å². The third-order valence-corrected chi connectivity index (χ3v) is 6.05. The largest absolute Gasteiger partial charge is 0.493 e. The van der Waals surface area contributed by atoms with Crippen LogP contribution in [0.25, 0.3) is 11.4 Å². The summed E-state index contributed by atoms with van der Waals surface area (Å²) in [6, 6.07) is 12.5. The number of amides is 3. The zero-order chi connectivity index (χ0) is 22.3. The average Bonchev–Trinajstić information content (AvgIpc) is 3.38. The Labute approximate surface area is 184 Å². The maximum absolute atomic E-state index is 13.4. The molecule has 3 amide bonds. The maximum Gasteiger partial charge on any atom is 0.325 e. The van der Waals surface area contributed by atoms with Crippen molar-refractivity contribution in [3.63, 3.8) is 0 Å². The van der Waals surface area contributed by atoms with Crippen LogP contribution < -0.4 is 14.8 Å². The number of imide groups is 1. The number of nitrogens with one attached hydrogen (secondary N) is 1. The standard InChI is InChI=1S/C23H22N4O5/c1-30-17-10-9-15(12-18(17)31-2)20-24-19(32-26-20)13-27-21(28)23(25-22(27)29)11-5-7-14-6-3-4-8-16(14)23/h3-4,6,8-10,12H,5,7,11,13H2,1-2H3,(H,25,29). The molecule has 1 spiro atoms. The molecule has 1 aromatic heterocycles. The minimum absolute atomic E-state index is 0.102. The topological polar surface area (TPSA) is 107 Å². The molecule has 1 unspecified atom stereocenters. The van der Waals surface area contributed by atoms with Crippen molar-refractivity contribution in [2.24, 2.45) is 0 Å². The molecule has 9 nitrogen and oxygen atoms in total. The van der Waals surface area contributed by atoms with E-state index in [2.05, 4.69) is 15.5 Å². The SMILES string of the molecule is COc1ccc(-c2noc(CN3C(=O)NC4(CCCc5ccccc54)C3=O)n2)cc1OC. The van der Waals surface area contributed by atoms with E-state index in [4.69, 9.17) is 14.0 Å². The molecule has 2 heterocycles. The number of fused-ring (bicyclic) bond motifs is 2. The summed E-state index contributed by atoms with van der Waals surface area (Å²) >= 11 is 0. The third kappa shape index (κ3) is 3.08. The Kier molecular flexibility index (Phi) is 4.80. The fourth-order valence-electron chi connectivity index (χ4n) is 4.50. The van der Waals surface area contributed by atoms with Gasteiger partial charge in [-0.15, -0.1) is 0 Å². The van der Waals surface area contributed by atoms with E-state index >= 15 is 0 Å². The first kappa shape index (κ1) is 20.0. The minimum Gasteiger partial charge on any atom is -0.493 e. The number of carbonyl (C=O) groups excluding carboxylic acids is 2. The van der Waals surface area contributed by atoms with Gasteiger partial charge < -0.3 is 19.3 Å². The number of hydrogen-bond acceptors (Lipinski definition) is 7. The van der Waals surface area contributed by atoms with Crippen molar-refractivity contribution < 1.29 is 23.6 Å². The van der Waals surface area contributed by atoms with Crippen molar-refractivity contribution in [1.82, 2.24) is 20.4 Å².